The molecule has 0 radical (unpaired) electrons. The van der Waals surface area contributed by atoms with Gasteiger partial charge in [-0.15, -0.1) is 5.17 Å². The van der Waals surface area contributed by atoms with Crippen molar-refractivity contribution in [2.75, 3.05) is 42.0 Å². The highest BCUT2D eigenvalue weighted by molar-refractivity contribution is 6.42. The van der Waals surface area contributed by atoms with E-state index in [-0.39, 0.29) is 57.0 Å². The normalized spacial score (nSPS) is 13.3. The topological polar surface area (TPSA) is 132 Å². The van der Waals surface area contributed by atoms with E-state index in [9.17, 15) is 18.0 Å². The van der Waals surface area contributed by atoms with Crippen LogP contribution in [0.3, 0.4) is 0 Å². The second-order valence-corrected chi connectivity index (χ2v) is 8.63. The number of fused-ring (bicyclic) bond motifs is 1. The lowest BCUT2D eigenvalue weighted by Crippen LogP contribution is -2.46. The molecule has 0 fully saturated rings. The number of halogens is 5. The summed E-state index contributed by atoms with van der Waals surface area (Å²) in [4.78, 5) is 29.5. The van der Waals surface area contributed by atoms with Crippen LogP contribution in [0, 0.1) is 0 Å². The molecule has 0 unspecified atom stereocenters. The van der Waals surface area contributed by atoms with E-state index in [1.165, 1.54) is 43.3 Å². The van der Waals surface area contributed by atoms with Gasteiger partial charge < -0.3 is 20.0 Å². The zero-order chi connectivity index (χ0) is 27.9. The van der Waals surface area contributed by atoms with Crippen molar-refractivity contribution in [3.05, 3.63) is 51.6 Å². The Morgan fingerprint density at radius 2 is 1.74 bits per heavy atom. The molecule has 11 nitrogen and oxygen atoms in total. The molecule has 1 aliphatic rings. The molecule has 1 aromatic heterocycles. The lowest BCUT2D eigenvalue weighted by atomic mass is 10.1. The van der Waals surface area contributed by atoms with Gasteiger partial charge in [0, 0.05) is 24.9 Å². The van der Waals surface area contributed by atoms with Gasteiger partial charge in [0.1, 0.15) is 33.0 Å². The summed E-state index contributed by atoms with van der Waals surface area (Å²) in [5.74, 6) is 6.52. The van der Waals surface area contributed by atoms with Gasteiger partial charge in [0.25, 0.3) is 0 Å². The zero-order valence-corrected chi connectivity index (χ0v) is 21.5. The summed E-state index contributed by atoms with van der Waals surface area (Å²) < 4.78 is 49.3. The molecule has 0 saturated carbocycles. The Morgan fingerprint density at radius 1 is 1.11 bits per heavy atom. The van der Waals surface area contributed by atoms with Gasteiger partial charge in [-0.3, -0.25) is 9.80 Å². The second-order valence-electron chi connectivity index (χ2n) is 7.88. The smallest absolute Gasteiger partial charge is 0.416 e. The highest BCUT2D eigenvalue weighted by Crippen LogP contribution is 2.47. The van der Waals surface area contributed by atoms with E-state index in [2.05, 4.69) is 9.97 Å². The Balaban J connectivity index is 1.63. The van der Waals surface area contributed by atoms with Crippen molar-refractivity contribution in [2.45, 2.75) is 12.7 Å². The van der Waals surface area contributed by atoms with Crippen molar-refractivity contribution in [1.82, 2.24) is 9.97 Å². The molecular weight excluding hydrogens is 554 g/mol. The molecule has 0 spiro atoms. The molecule has 202 valence electrons. The van der Waals surface area contributed by atoms with Gasteiger partial charge in [0.05, 0.1) is 37.7 Å². The summed E-state index contributed by atoms with van der Waals surface area (Å²) in [7, 11) is 4.27. The van der Waals surface area contributed by atoms with E-state index in [4.69, 9.17) is 49.1 Å². The molecule has 16 heteroatoms. The van der Waals surface area contributed by atoms with E-state index in [0.29, 0.717) is 10.7 Å². The van der Waals surface area contributed by atoms with Crippen molar-refractivity contribution in [1.29, 1.82) is 0 Å². The highest BCUT2D eigenvalue weighted by atomic mass is 35.5. The van der Waals surface area contributed by atoms with E-state index in [1.54, 1.807) is 0 Å². The van der Waals surface area contributed by atoms with Crippen LogP contribution in [0.25, 0.3) is 0 Å². The van der Waals surface area contributed by atoms with Crippen LogP contribution >= 0.6 is 23.2 Å². The average molecular weight is 574 g/mol. The average Bonchev–Trinajstić information content (AvgIpc) is 2.86. The van der Waals surface area contributed by atoms with Gasteiger partial charge in [-0.2, -0.15) is 18.2 Å². The van der Waals surface area contributed by atoms with Gasteiger partial charge in [0.15, 0.2) is 0 Å². The fourth-order valence-corrected chi connectivity index (χ4v) is 4.40. The summed E-state index contributed by atoms with van der Waals surface area (Å²) in [5.41, 5.74) is 5.08. The number of carbonyl (C=O) groups excluding carboxylic acids is 1. The zero-order valence-electron chi connectivity index (χ0n) is 20.0. The van der Waals surface area contributed by atoms with Crippen molar-refractivity contribution in [3.8, 4) is 17.5 Å². The number of amides is 2. The number of urea groups is 1. The summed E-state index contributed by atoms with van der Waals surface area (Å²) in [5, 5.41) is 0.811. The highest BCUT2D eigenvalue weighted by Gasteiger charge is 2.35. The van der Waals surface area contributed by atoms with Gasteiger partial charge in [-0.05, 0) is 18.2 Å². The lowest BCUT2D eigenvalue weighted by molar-refractivity contribution is -0.137. The van der Waals surface area contributed by atoms with Gasteiger partial charge >= 0.3 is 18.2 Å². The van der Waals surface area contributed by atoms with Gasteiger partial charge in [-0.1, -0.05) is 23.2 Å². The van der Waals surface area contributed by atoms with Crippen LogP contribution in [0.15, 0.2) is 30.5 Å². The number of hydrazine groups is 1. The number of nitrogens with two attached hydrogens (primary N) is 2. The van der Waals surface area contributed by atoms with Crippen LogP contribution < -0.4 is 40.9 Å². The number of nitrogen functional groups attached to an aromatic ring is 1. The van der Waals surface area contributed by atoms with Crippen molar-refractivity contribution in [3.63, 3.8) is 0 Å². The Labute approximate surface area is 224 Å². The number of nitrogens with zero attached hydrogens (tertiary/aromatic N) is 5. The number of methoxy groups -OCH3 is 2. The SMILES string of the molecule is COc1cc(OC)c(Cl)c(N2Cc3cnc(ON(N)c4ccc(C(F)(F)F)cc4N)nc3N(C)C2=O)c1Cl. The third kappa shape index (κ3) is 4.85. The number of alkyl halides is 3. The molecule has 3 aromatic rings. The molecule has 2 aromatic carbocycles. The van der Waals surface area contributed by atoms with Crippen LogP contribution in [-0.2, 0) is 12.7 Å². The van der Waals surface area contributed by atoms with Crippen LogP contribution in [0.5, 0.6) is 17.5 Å². The first kappa shape index (κ1) is 27.2. The third-order valence-electron chi connectivity index (χ3n) is 5.58. The predicted molar refractivity (Wildman–Crippen MR) is 135 cm³/mol. The first-order valence-electron chi connectivity index (χ1n) is 10.6. The van der Waals surface area contributed by atoms with Crippen LogP contribution in [0.4, 0.5) is 40.8 Å². The first-order valence-corrected chi connectivity index (χ1v) is 11.3. The van der Waals surface area contributed by atoms with Gasteiger partial charge in [0.2, 0.25) is 0 Å². The number of rotatable bonds is 6. The number of hydrogen-bond acceptors (Lipinski definition) is 9. The number of ether oxygens (including phenoxy) is 2. The summed E-state index contributed by atoms with van der Waals surface area (Å²) >= 11 is 13.0. The first-order chi connectivity index (χ1) is 17.9. The number of benzene rings is 2. The number of carbonyl (C=O) groups is 1. The van der Waals surface area contributed by atoms with E-state index in [1.807, 2.05) is 0 Å². The predicted octanol–water partition coefficient (Wildman–Crippen LogP) is 4.65. The fourth-order valence-electron chi connectivity index (χ4n) is 3.69. The standard InChI is InChI=1S/C22H20Cl2F3N7O4/c1-32-19-10(9-33(21(32)35)18-16(23)14(36-2)7-15(37-3)17(18)24)8-30-20(31-19)38-34(29)13-5-4-11(6-12(13)28)22(25,26)27/h4-8H,9,28-29H2,1-3H3. The number of aromatic nitrogens is 2. The molecule has 38 heavy (non-hydrogen) atoms. The summed E-state index contributed by atoms with van der Waals surface area (Å²) in [6.07, 6.45) is -3.19. The molecule has 4 rings (SSSR count). The van der Waals surface area contributed by atoms with Crippen LogP contribution in [0.1, 0.15) is 11.1 Å². The molecule has 2 amide bonds. The number of anilines is 4. The van der Waals surface area contributed by atoms with Crippen molar-refractivity contribution < 1.29 is 32.3 Å². The van der Waals surface area contributed by atoms with Crippen molar-refractivity contribution >= 4 is 52.1 Å². The molecule has 0 aliphatic carbocycles. The quantitative estimate of drug-likeness (QED) is 0.245. The van der Waals surface area contributed by atoms with Crippen LogP contribution in [-0.4, -0.2) is 37.3 Å². The molecule has 0 saturated heterocycles. The molecule has 1 aliphatic heterocycles. The van der Waals surface area contributed by atoms with Crippen molar-refractivity contribution in [2.24, 2.45) is 5.84 Å². The van der Waals surface area contributed by atoms with E-state index < -0.39 is 17.8 Å². The van der Waals surface area contributed by atoms with E-state index >= 15 is 0 Å². The number of hydrogen-bond donors (Lipinski definition) is 2. The minimum atomic E-state index is -4.58. The Kier molecular flexibility index (Phi) is 7.23. The Morgan fingerprint density at radius 3 is 2.29 bits per heavy atom. The lowest BCUT2D eigenvalue weighted by Gasteiger charge is -2.35. The molecular formula is C22H20Cl2F3N7O4. The molecule has 4 N–H and O–H groups in total. The van der Waals surface area contributed by atoms with E-state index in [0.717, 1.165) is 18.2 Å². The summed E-state index contributed by atoms with van der Waals surface area (Å²) in [6, 6.07) is 3.22. The Hall–Kier alpha value is -3.88. The molecule has 0 atom stereocenters. The third-order valence-corrected chi connectivity index (χ3v) is 6.31. The van der Waals surface area contributed by atoms with Crippen LogP contribution in [0.2, 0.25) is 10.0 Å². The minimum Gasteiger partial charge on any atom is -0.495 e. The maximum absolute atomic E-state index is 13.3. The monoisotopic (exact) mass is 573 g/mol. The maximum atomic E-state index is 13.3. The molecule has 0 bridgehead atoms. The summed E-state index contributed by atoms with van der Waals surface area (Å²) in [6.45, 7) is -0.0211. The second kappa shape index (κ2) is 10.1. The maximum Gasteiger partial charge on any atom is 0.416 e. The van der Waals surface area contributed by atoms with Gasteiger partial charge in [-0.25, -0.2) is 15.6 Å². The minimum absolute atomic E-state index is 0.0211. The largest absolute Gasteiger partial charge is 0.495 e. The Bertz CT molecular complexity index is 1380. The fraction of sp³-hybridized carbons (Fsp3) is 0.227. The molecule has 2 heterocycles.